The molecular formula is C12H25N3O2. The number of hydrogen-bond acceptors (Lipinski definition) is 3. The van der Waals surface area contributed by atoms with Gasteiger partial charge in [0.1, 0.15) is 6.04 Å². The summed E-state index contributed by atoms with van der Waals surface area (Å²) in [7, 11) is 0. The van der Waals surface area contributed by atoms with Crippen LogP contribution in [-0.4, -0.2) is 48.9 Å². The van der Waals surface area contributed by atoms with Gasteiger partial charge in [0.05, 0.1) is 6.54 Å². The maximum atomic E-state index is 11.9. The first-order valence-corrected chi connectivity index (χ1v) is 6.35. The molecule has 2 N–H and O–H groups in total. The third kappa shape index (κ3) is 6.26. The van der Waals surface area contributed by atoms with Crippen LogP contribution in [0, 0.1) is 0 Å². The van der Waals surface area contributed by atoms with Gasteiger partial charge in [-0.25, -0.2) is 0 Å². The zero-order valence-corrected chi connectivity index (χ0v) is 11.4. The molecule has 17 heavy (non-hydrogen) atoms. The average molecular weight is 243 g/mol. The molecule has 0 fully saturated rings. The molecule has 0 radical (unpaired) electrons. The predicted octanol–water partition coefficient (Wildman–Crippen LogP) is 0.359. The first-order chi connectivity index (χ1) is 8.06. The SMILES string of the molecule is CCCNCC(=O)NC(C)C(=O)N(CC)CC. The van der Waals surface area contributed by atoms with Gasteiger partial charge >= 0.3 is 0 Å². The molecule has 0 bridgehead atoms. The predicted molar refractivity (Wildman–Crippen MR) is 68.7 cm³/mol. The Bertz CT molecular complexity index is 240. The second-order valence-corrected chi connectivity index (χ2v) is 3.98. The normalized spacial score (nSPS) is 12.0. The summed E-state index contributed by atoms with van der Waals surface area (Å²) in [6.07, 6.45) is 0.987. The second kappa shape index (κ2) is 8.98. The summed E-state index contributed by atoms with van der Waals surface area (Å²) in [5.74, 6) is -0.162. The van der Waals surface area contributed by atoms with Crippen molar-refractivity contribution in [2.24, 2.45) is 0 Å². The largest absolute Gasteiger partial charge is 0.343 e. The lowest BCUT2D eigenvalue weighted by Crippen LogP contribution is -2.48. The third-order valence-electron chi connectivity index (χ3n) is 2.54. The van der Waals surface area contributed by atoms with Crippen molar-refractivity contribution in [2.75, 3.05) is 26.2 Å². The van der Waals surface area contributed by atoms with Crippen LogP contribution in [0.25, 0.3) is 0 Å². The van der Waals surface area contributed by atoms with Gasteiger partial charge in [-0.15, -0.1) is 0 Å². The van der Waals surface area contributed by atoms with Crippen molar-refractivity contribution in [3.05, 3.63) is 0 Å². The Morgan fingerprint density at radius 1 is 1.18 bits per heavy atom. The number of rotatable bonds is 8. The van der Waals surface area contributed by atoms with E-state index in [2.05, 4.69) is 10.6 Å². The van der Waals surface area contributed by atoms with Crippen molar-refractivity contribution >= 4 is 11.8 Å². The van der Waals surface area contributed by atoms with Crippen molar-refractivity contribution in [2.45, 2.75) is 40.2 Å². The van der Waals surface area contributed by atoms with E-state index in [9.17, 15) is 9.59 Å². The van der Waals surface area contributed by atoms with Gasteiger partial charge < -0.3 is 15.5 Å². The van der Waals surface area contributed by atoms with Gasteiger partial charge in [-0.1, -0.05) is 6.92 Å². The van der Waals surface area contributed by atoms with Gasteiger partial charge in [0.25, 0.3) is 0 Å². The number of hydrogen-bond donors (Lipinski definition) is 2. The Balaban J connectivity index is 4.02. The smallest absolute Gasteiger partial charge is 0.244 e. The van der Waals surface area contributed by atoms with E-state index in [0.717, 1.165) is 13.0 Å². The molecule has 0 spiro atoms. The van der Waals surface area contributed by atoms with Crippen LogP contribution in [0.1, 0.15) is 34.1 Å². The summed E-state index contributed by atoms with van der Waals surface area (Å²) < 4.78 is 0. The molecule has 0 aliphatic carbocycles. The number of amides is 2. The highest BCUT2D eigenvalue weighted by Gasteiger charge is 2.19. The molecule has 1 atom stereocenters. The molecule has 0 aromatic carbocycles. The average Bonchev–Trinajstić information content (AvgIpc) is 2.30. The molecule has 0 saturated carbocycles. The van der Waals surface area contributed by atoms with E-state index < -0.39 is 6.04 Å². The van der Waals surface area contributed by atoms with Crippen LogP contribution in [0.2, 0.25) is 0 Å². The minimum atomic E-state index is -0.453. The van der Waals surface area contributed by atoms with Crippen LogP contribution in [0.4, 0.5) is 0 Å². The second-order valence-electron chi connectivity index (χ2n) is 3.98. The topological polar surface area (TPSA) is 61.4 Å². The Morgan fingerprint density at radius 2 is 1.76 bits per heavy atom. The fourth-order valence-electron chi connectivity index (χ4n) is 1.54. The quantitative estimate of drug-likeness (QED) is 0.605. The lowest BCUT2D eigenvalue weighted by atomic mass is 10.2. The molecule has 0 rings (SSSR count). The summed E-state index contributed by atoms with van der Waals surface area (Å²) in [5.41, 5.74) is 0. The summed E-state index contributed by atoms with van der Waals surface area (Å²) in [4.78, 5) is 25.1. The minimum Gasteiger partial charge on any atom is -0.343 e. The molecule has 2 amide bonds. The van der Waals surface area contributed by atoms with Crippen molar-refractivity contribution < 1.29 is 9.59 Å². The highest BCUT2D eigenvalue weighted by Crippen LogP contribution is 1.94. The zero-order valence-electron chi connectivity index (χ0n) is 11.4. The van der Waals surface area contributed by atoms with E-state index in [1.807, 2.05) is 20.8 Å². The van der Waals surface area contributed by atoms with Gasteiger partial charge in [0.15, 0.2) is 0 Å². The first-order valence-electron chi connectivity index (χ1n) is 6.35. The van der Waals surface area contributed by atoms with Gasteiger partial charge in [0, 0.05) is 13.1 Å². The van der Waals surface area contributed by atoms with Crippen LogP contribution in [0.3, 0.4) is 0 Å². The van der Waals surface area contributed by atoms with E-state index in [1.165, 1.54) is 0 Å². The number of likely N-dealkylation sites (N-methyl/N-ethyl adjacent to an activating group) is 1. The minimum absolute atomic E-state index is 0.0289. The summed E-state index contributed by atoms with van der Waals surface area (Å²) in [5, 5.41) is 5.69. The fraction of sp³-hybridized carbons (Fsp3) is 0.833. The van der Waals surface area contributed by atoms with Crippen LogP contribution in [0.15, 0.2) is 0 Å². The maximum Gasteiger partial charge on any atom is 0.244 e. The molecule has 0 heterocycles. The summed E-state index contributed by atoms with van der Waals surface area (Å²) in [6.45, 7) is 10.0. The van der Waals surface area contributed by atoms with E-state index in [0.29, 0.717) is 13.1 Å². The van der Waals surface area contributed by atoms with Crippen LogP contribution in [0.5, 0.6) is 0 Å². The standard InChI is InChI=1S/C12H25N3O2/c1-5-8-13-9-11(16)14-10(4)12(17)15(6-2)7-3/h10,13H,5-9H2,1-4H3,(H,14,16). The van der Waals surface area contributed by atoms with E-state index in [1.54, 1.807) is 11.8 Å². The van der Waals surface area contributed by atoms with Crippen molar-refractivity contribution in [3.8, 4) is 0 Å². The van der Waals surface area contributed by atoms with Crippen molar-refractivity contribution in [1.82, 2.24) is 15.5 Å². The highest BCUT2D eigenvalue weighted by molar-refractivity contribution is 5.88. The Hall–Kier alpha value is -1.10. The van der Waals surface area contributed by atoms with E-state index in [4.69, 9.17) is 0 Å². The molecule has 0 aliphatic heterocycles. The van der Waals surface area contributed by atoms with Gasteiger partial charge in [-0.05, 0) is 33.7 Å². The molecule has 0 aliphatic rings. The number of nitrogens with zero attached hydrogens (tertiary/aromatic N) is 1. The molecule has 0 aromatic rings. The molecule has 5 heteroatoms. The fourth-order valence-corrected chi connectivity index (χ4v) is 1.54. The monoisotopic (exact) mass is 243 g/mol. The molecular weight excluding hydrogens is 218 g/mol. The Kier molecular flexibility index (Phi) is 8.40. The highest BCUT2D eigenvalue weighted by atomic mass is 16.2. The first kappa shape index (κ1) is 15.9. The molecule has 0 saturated heterocycles. The van der Waals surface area contributed by atoms with Crippen LogP contribution < -0.4 is 10.6 Å². The summed E-state index contributed by atoms with van der Waals surface area (Å²) >= 11 is 0. The van der Waals surface area contributed by atoms with Crippen LogP contribution in [-0.2, 0) is 9.59 Å². The van der Waals surface area contributed by atoms with Crippen molar-refractivity contribution in [1.29, 1.82) is 0 Å². The maximum absolute atomic E-state index is 11.9. The molecule has 0 aromatic heterocycles. The van der Waals surface area contributed by atoms with Gasteiger partial charge in [-0.3, -0.25) is 9.59 Å². The zero-order chi connectivity index (χ0) is 13.3. The van der Waals surface area contributed by atoms with Gasteiger partial charge in [0.2, 0.25) is 11.8 Å². The van der Waals surface area contributed by atoms with Gasteiger partial charge in [-0.2, -0.15) is 0 Å². The third-order valence-corrected chi connectivity index (χ3v) is 2.54. The van der Waals surface area contributed by atoms with Crippen LogP contribution >= 0.6 is 0 Å². The lowest BCUT2D eigenvalue weighted by molar-refractivity contribution is -0.135. The lowest BCUT2D eigenvalue weighted by Gasteiger charge is -2.23. The number of carbonyl (C=O) groups excluding carboxylic acids is 2. The number of carbonyl (C=O) groups is 2. The Labute approximate surface area is 104 Å². The molecule has 100 valence electrons. The molecule has 1 unspecified atom stereocenters. The number of nitrogens with one attached hydrogen (secondary N) is 2. The van der Waals surface area contributed by atoms with Crippen molar-refractivity contribution in [3.63, 3.8) is 0 Å². The summed E-state index contributed by atoms with van der Waals surface area (Å²) in [6, 6.07) is -0.453. The van der Waals surface area contributed by atoms with E-state index in [-0.39, 0.29) is 18.4 Å². The van der Waals surface area contributed by atoms with E-state index >= 15 is 0 Å². The molecule has 5 nitrogen and oxygen atoms in total. The Morgan fingerprint density at radius 3 is 2.24 bits per heavy atom.